The van der Waals surface area contributed by atoms with Gasteiger partial charge in [-0.15, -0.1) is 11.3 Å². The van der Waals surface area contributed by atoms with Crippen molar-refractivity contribution in [3.63, 3.8) is 0 Å². The molecule has 1 N–H and O–H groups in total. The van der Waals surface area contributed by atoms with Crippen molar-refractivity contribution in [2.75, 3.05) is 0 Å². The molecule has 108 valence electrons. The van der Waals surface area contributed by atoms with E-state index in [0.717, 1.165) is 10.6 Å². The van der Waals surface area contributed by atoms with Crippen molar-refractivity contribution in [3.8, 4) is 10.6 Å². The first kappa shape index (κ1) is 14.9. The summed E-state index contributed by atoms with van der Waals surface area (Å²) in [6.07, 6.45) is 0. The molecule has 5 heteroatoms. The summed E-state index contributed by atoms with van der Waals surface area (Å²) in [6.45, 7) is 7.87. The van der Waals surface area contributed by atoms with Crippen LogP contribution in [0.5, 0.6) is 0 Å². The topological polar surface area (TPSA) is 55.1 Å². The normalized spacial score (nSPS) is 12.1. The van der Waals surface area contributed by atoms with E-state index in [0.29, 0.717) is 18.0 Å². The second-order valence-electron chi connectivity index (χ2n) is 5.86. The van der Waals surface area contributed by atoms with Gasteiger partial charge in [-0.3, -0.25) is 4.79 Å². The van der Waals surface area contributed by atoms with E-state index in [9.17, 15) is 9.90 Å². The molecular formula is C15H20N2O2S. The van der Waals surface area contributed by atoms with Crippen LogP contribution in [0.3, 0.4) is 0 Å². The number of aromatic nitrogens is 2. The third-order valence-electron chi connectivity index (χ3n) is 2.95. The number of thiophene rings is 1. The van der Waals surface area contributed by atoms with Crippen LogP contribution in [0.25, 0.3) is 10.6 Å². The largest absolute Gasteiger partial charge is 0.386 e. The predicted molar refractivity (Wildman–Crippen MR) is 81.9 cm³/mol. The Bertz CT molecular complexity index is 637. The van der Waals surface area contributed by atoms with Crippen LogP contribution in [-0.4, -0.2) is 14.9 Å². The van der Waals surface area contributed by atoms with Gasteiger partial charge in [-0.05, 0) is 37.3 Å². The minimum atomic E-state index is -1.18. The molecule has 20 heavy (non-hydrogen) atoms. The fourth-order valence-corrected chi connectivity index (χ4v) is 2.68. The fourth-order valence-electron chi connectivity index (χ4n) is 1.99. The first-order valence-corrected chi connectivity index (χ1v) is 7.56. The standard InChI is InChI=1S/C15H20N2O2S/c1-10(2)9-17-14(18)11(15(3,4)19)8-12(16-17)13-6-5-7-20-13/h5-8,10,19H,9H2,1-4H3. The summed E-state index contributed by atoms with van der Waals surface area (Å²) in [7, 11) is 0. The molecule has 0 aliphatic carbocycles. The molecule has 0 saturated heterocycles. The Morgan fingerprint density at radius 1 is 1.45 bits per heavy atom. The average Bonchev–Trinajstić information content (AvgIpc) is 2.83. The lowest BCUT2D eigenvalue weighted by Crippen LogP contribution is -2.34. The lowest BCUT2D eigenvalue weighted by Gasteiger charge is -2.19. The smallest absolute Gasteiger partial charge is 0.272 e. The van der Waals surface area contributed by atoms with Gasteiger partial charge in [-0.1, -0.05) is 19.9 Å². The molecule has 0 saturated carbocycles. The van der Waals surface area contributed by atoms with Crippen LogP contribution in [0, 0.1) is 5.92 Å². The van der Waals surface area contributed by atoms with Gasteiger partial charge in [0.1, 0.15) is 5.69 Å². The summed E-state index contributed by atoms with van der Waals surface area (Å²) in [5.41, 5.74) is -0.273. The summed E-state index contributed by atoms with van der Waals surface area (Å²) in [5.74, 6) is 0.313. The SMILES string of the molecule is CC(C)Cn1nc(-c2cccs2)cc(C(C)(C)O)c1=O. The minimum absolute atomic E-state index is 0.216. The average molecular weight is 292 g/mol. The van der Waals surface area contributed by atoms with Crippen molar-refractivity contribution in [2.45, 2.75) is 39.8 Å². The molecule has 0 aromatic carbocycles. The Hall–Kier alpha value is -1.46. The molecule has 0 atom stereocenters. The van der Waals surface area contributed by atoms with Gasteiger partial charge < -0.3 is 5.11 Å². The zero-order valence-corrected chi connectivity index (χ0v) is 13.1. The van der Waals surface area contributed by atoms with Crippen LogP contribution in [-0.2, 0) is 12.1 Å². The molecule has 4 nitrogen and oxygen atoms in total. The number of nitrogens with zero attached hydrogens (tertiary/aromatic N) is 2. The Morgan fingerprint density at radius 3 is 2.65 bits per heavy atom. The maximum absolute atomic E-state index is 12.4. The van der Waals surface area contributed by atoms with E-state index in [2.05, 4.69) is 5.10 Å². The molecule has 2 heterocycles. The molecule has 0 spiro atoms. The first-order chi connectivity index (χ1) is 9.29. The van der Waals surface area contributed by atoms with Gasteiger partial charge in [0.2, 0.25) is 0 Å². The highest BCUT2D eigenvalue weighted by molar-refractivity contribution is 7.13. The lowest BCUT2D eigenvalue weighted by atomic mass is 9.99. The quantitative estimate of drug-likeness (QED) is 0.942. The molecule has 0 unspecified atom stereocenters. The summed E-state index contributed by atoms with van der Waals surface area (Å²) < 4.78 is 1.47. The summed E-state index contributed by atoms with van der Waals surface area (Å²) in [4.78, 5) is 13.4. The van der Waals surface area contributed by atoms with E-state index in [1.807, 2.05) is 31.4 Å². The van der Waals surface area contributed by atoms with Gasteiger partial charge in [-0.25, -0.2) is 4.68 Å². The van der Waals surface area contributed by atoms with E-state index < -0.39 is 5.60 Å². The first-order valence-electron chi connectivity index (χ1n) is 6.68. The van der Waals surface area contributed by atoms with Crippen molar-refractivity contribution in [3.05, 3.63) is 39.5 Å². The Balaban J connectivity index is 2.63. The lowest BCUT2D eigenvalue weighted by molar-refractivity contribution is 0.0760. The number of rotatable bonds is 4. The molecule has 0 bridgehead atoms. The predicted octanol–water partition coefficient (Wildman–Crippen LogP) is 2.86. The Morgan fingerprint density at radius 2 is 2.15 bits per heavy atom. The highest BCUT2D eigenvalue weighted by atomic mass is 32.1. The molecule has 0 fully saturated rings. The van der Waals surface area contributed by atoms with Crippen molar-refractivity contribution in [1.82, 2.24) is 9.78 Å². The summed E-state index contributed by atoms with van der Waals surface area (Å²) >= 11 is 1.57. The van der Waals surface area contributed by atoms with Gasteiger partial charge in [0.15, 0.2) is 0 Å². The number of hydrogen-bond acceptors (Lipinski definition) is 4. The third-order valence-corrected chi connectivity index (χ3v) is 3.84. The van der Waals surface area contributed by atoms with E-state index in [1.54, 1.807) is 31.3 Å². The molecule has 0 aliphatic rings. The molecule has 2 aromatic heterocycles. The maximum Gasteiger partial charge on any atom is 0.272 e. The monoisotopic (exact) mass is 292 g/mol. The summed E-state index contributed by atoms with van der Waals surface area (Å²) in [6, 6.07) is 5.61. The van der Waals surface area contributed by atoms with Crippen LogP contribution in [0.2, 0.25) is 0 Å². The van der Waals surface area contributed by atoms with Crippen molar-refractivity contribution < 1.29 is 5.11 Å². The number of hydrogen-bond donors (Lipinski definition) is 1. The van der Waals surface area contributed by atoms with Crippen molar-refractivity contribution in [2.24, 2.45) is 5.92 Å². The van der Waals surface area contributed by atoms with Gasteiger partial charge >= 0.3 is 0 Å². The zero-order chi connectivity index (χ0) is 14.9. The van der Waals surface area contributed by atoms with Crippen LogP contribution >= 0.6 is 11.3 Å². The Labute approximate surface area is 122 Å². The third kappa shape index (κ3) is 3.16. The molecule has 0 radical (unpaired) electrons. The van der Waals surface area contributed by atoms with Gasteiger partial charge in [0, 0.05) is 6.54 Å². The van der Waals surface area contributed by atoms with E-state index >= 15 is 0 Å². The summed E-state index contributed by atoms with van der Waals surface area (Å²) in [5, 5.41) is 16.6. The maximum atomic E-state index is 12.4. The highest BCUT2D eigenvalue weighted by Gasteiger charge is 2.23. The molecule has 2 rings (SSSR count). The van der Waals surface area contributed by atoms with E-state index in [1.165, 1.54) is 4.68 Å². The fraction of sp³-hybridized carbons (Fsp3) is 0.467. The van der Waals surface area contributed by atoms with E-state index in [4.69, 9.17) is 0 Å². The van der Waals surface area contributed by atoms with Crippen LogP contribution in [0.15, 0.2) is 28.4 Å². The van der Waals surface area contributed by atoms with E-state index in [-0.39, 0.29) is 5.56 Å². The van der Waals surface area contributed by atoms with Crippen molar-refractivity contribution >= 4 is 11.3 Å². The number of aliphatic hydroxyl groups is 1. The highest BCUT2D eigenvalue weighted by Crippen LogP contribution is 2.25. The second-order valence-corrected chi connectivity index (χ2v) is 6.81. The van der Waals surface area contributed by atoms with Gasteiger partial charge in [-0.2, -0.15) is 5.10 Å². The molecule has 0 amide bonds. The zero-order valence-electron chi connectivity index (χ0n) is 12.3. The molecular weight excluding hydrogens is 272 g/mol. The van der Waals surface area contributed by atoms with Crippen LogP contribution in [0.1, 0.15) is 33.3 Å². The molecule has 0 aliphatic heterocycles. The Kier molecular flexibility index (Phi) is 4.11. The minimum Gasteiger partial charge on any atom is -0.386 e. The van der Waals surface area contributed by atoms with Crippen LogP contribution in [0.4, 0.5) is 0 Å². The van der Waals surface area contributed by atoms with Gasteiger partial charge in [0.05, 0.1) is 16.0 Å². The van der Waals surface area contributed by atoms with Crippen LogP contribution < -0.4 is 5.56 Å². The second kappa shape index (κ2) is 5.50. The van der Waals surface area contributed by atoms with Crippen molar-refractivity contribution in [1.29, 1.82) is 0 Å². The van der Waals surface area contributed by atoms with Gasteiger partial charge in [0.25, 0.3) is 5.56 Å². The molecule has 2 aromatic rings.